The number of alkyl halides is 3. The van der Waals surface area contributed by atoms with E-state index in [9.17, 15) is 18.0 Å². The third kappa shape index (κ3) is 3.19. The third-order valence-electron chi connectivity index (χ3n) is 4.45. The molecule has 0 spiro atoms. The van der Waals surface area contributed by atoms with Gasteiger partial charge in [-0.2, -0.15) is 13.2 Å². The van der Waals surface area contributed by atoms with Gasteiger partial charge < -0.3 is 13.9 Å². The van der Waals surface area contributed by atoms with Gasteiger partial charge in [0.2, 0.25) is 0 Å². The monoisotopic (exact) mass is 331 g/mol. The molecule has 1 saturated heterocycles. The Morgan fingerprint density at radius 2 is 1.61 bits per heavy atom. The second-order valence-corrected chi connectivity index (χ2v) is 7.08. The molecule has 4 nitrogen and oxygen atoms in total. The van der Waals surface area contributed by atoms with Crippen molar-refractivity contribution in [3.05, 3.63) is 28.2 Å². The molecule has 1 aliphatic heterocycles. The van der Waals surface area contributed by atoms with Crippen LogP contribution < -0.4 is 11.0 Å². The van der Waals surface area contributed by atoms with Gasteiger partial charge in [-0.15, -0.1) is 0 Å². The second-order valence-electron chi connectivity index (χ2n) is 7.08. The molecule has 1 aromatic heterocycles. The molecule has 0 radical (unpaired) electrons. The quantitative estimate of drug-likeness (QED) is 0.783. The molecular formula is C15H21BF3NO3. The predicted octanol–water partition coefficient (Wildman–Crippen LogP) is 2.75. The lowest BCUT2D eigenvalue weighted by molar-refractivity contribution is -0.138. The van der Waals surface area contributed by atoms with Gasteiger partial charge in [-0.1, -0.05) is 0 Å². The SMILES string of the molecule is CC(C)n1cc(B2OC(C)(C)C(C)(C)O2)cc(C(F)(F)F)c1=O. The average molecular weight is 331 g/mol. The summed E-state index contributed by atoms with van der Waals surface area (Å²) in [4.78, 5) is 12.0. The molecule has 0 aromatic carbocycles. The smallest absolute Gasteiger partial charge is 0.399 e. The zero-order chi connectivity index (χ0) is 17.8. The molecule has 1 aliphatic rings. The highest BCUT2D eigenvalue weighted by Gasteiger charge is 2.52. The Balaban J connectivity index is 2.57. The van der Waals surface area contributed by atoms with Gasteiger partial charge in [0.15, 0.2) is 0 Å². The lowest BCUT2D eigenvalue weighted by atomic mass is 9.79. The molecule has 128 valence electrons. The first-order valence-corrected chi connectivity index (χ1v) is 7.45. The Kier molecular flexibility index (Phi) is 4.22. The summed E-state index contributed by atoms with van der Waals surface area (Å²) >= 11 is 0. The van der Waals surface area contributed by atoms with Crippen LogP contribution in [0.3, 0.4) is 0 Å². The van der Waals surface area contributed by atoms with Gasteiger partial charge in [-0.25, -0.2) is 0 Å². The van der Waals surface area contributed by atoms with Crippen LogP contribution >= 0.6 is 0 Å². The van der Waals surface area contributed by atoms with Gasteiger partial charge in [0.1, 0.15) is 5.56 Å². The van der Waals surface area contributed by atoms with Crippen molar-refractivity contribution in [3.63, 3.8) is 0 Å². The van der Waals surface area contributed by atoms with E-state index in [4.69, 9.17) is 9.31 Å². The summed E-state index contributed by atoms with van der Waals surface area (Å²) in [7, 11) is -0.952. The largest absolute Gasteiger partial charge is 0.496 e. The Morgan fingerprint density at radius 1 is 1.13 bits per heavy atom. The van der Waals surface area contributed by atoms with Crippen molar-refractivity contribution < 1.29 is 22.5 Å². The van der Waals surface area contributed by atoms with E-state index in [1.54, 1.807) is 13.8 Å². The topological polar surface area (TPSA) is 40.5 Å². The summed E-state index contributed by atoms with van der Waals surface area (Å²) in [5, 5.41) is 0. The van der Waals surface area contributed by atoms with Crippen LogP contribution in [0.4, 0.5) is 13.2 Å². The highest BCUT2D eigenvalue weighted by molar-refractivity contribution is 6.62. The van der Waals surface area contributed by atoms with Crippen LogP contribution in [0, 0.1) is 0 Å². The second kappa shape index (κ2) is 5.38. The van der Waals surface area contributed by atoms with Gasteiger partial charge in [0.25, 0.3) is 5.56 Å². The summed E-state index contributed by atoms with van der Waals surface area (Å²) in [5.41, 5.74) is -3.43. The fourth-order valence-corrected chi connectivity index (χ4v) is 2.32. The first-order chi connectivity index (χ1) is 10.3. The van der Waals surface area contributed by atoms with Crippen molar-refractivity contribution in [1.29, 1.82) is 0 Å². The number of aromatic nitrogens is 1. The number of pyridine rings is 1. The molecule has 2 rings (SSSR count). The lowest BCUT2D eigenvalue weighted by Gasteiger charge is -2.32. The maximum Gasteiger partial charge on any atom is 0.496 e. The molecule has 0 N–H and O–H groups in total. The first kappa shape index (κ1) is 18.1. The Labute approximate surface area is 133 Å². The maximum absolute atomic E-state index is 13.2. The number of halogens is 3. The highest BCUT2D eigenvalue weighted by Crippen LogP contribution is 2.36. The first-order valence-electron chi connectivity index (χ1n) is 7.45. The van der Waals surface area contributed by atoms with Gasteiger partial charge >= 0.3 is 13.3 Å². The lowest BCUT2D eigenvalue weighted by Crippen LogP contribution is -2.41. The zero-order valence-electron chi connectivity index (χ0n) is 14.1. The molecule has 0 unspecified atom stereocenters. The highest BCUT2D eigenvalue weighted by atomic mass is 19.4. The maximum atomic E-state index is 13.2. The number of nitrogens with zero attached hydrogens (tertiary/aromatic N) is 1. The molecule has 0 saturated carbocycles. The van der Waals surface area contributed by atoms with E-state index < -0.39 is 41.7 Å². The fourth-order valence-electron chi connectivity index (χ4n) is 2.32. The van der Waals surface area contributed by atoms with E-state index in [2.05, 4.69) is 0 Å². The molecule has 0 bridgehead atoms. The summed E-state index contributed by atoms with van der Waals surface area (Å²) in [6.07, 6.45) is -3.35. The van der Waals surface area contributed by atoms with Gasteiger partial charge in [0, 0.05) is 12.2 Å². The summed E-state index contributed by atoms with van der Waals surface area (Å²) in [5.74, 6) is 0. The van der Waals surface area contributed by atoms with E-state index in [-0.39, 0.29) is 5.46 Å². The summed E-state index contributed by atoms with van der Waals surface area (Å²) < 4.78 is 52.1. The van der Waals surface area contributed by atoms with Crippen LogP contribution in [0.1, 0.15) is 53.1 Å². The molecule has 0 atom stereocenters. The minimum absolute atomic E-state index is 0.185. The van der Waals surface area contributed by atoms with Crippen molar-refractivity contribution in [2.75, 3.05) is 0 Å². The average Bonchev–Trinajstić information content (AvgIpc) is 2.56. The van der Waals surface area contributed by atoms with Crippen molar-refractivity contribution in [1.82, 2.24) is 4.57 Å². The van der Waals surface area contributed by atoms with Crippen LogP contribution in [0.2, 0.25) is 0 Å². The van der Waals surface area contributed by atoms with Crippen LogP contribution in [0.5, 0.6) is 0 Å². The van der Waals surface area contributed by atoms with Crippen LogP contribution in [0.25, 0.3) is 0 Å². The Bertz CT molecular complexity index is 649. The van der Waals surface area contributed by atoms with E-state index in [1.165, 1.54) is 6.20 Å². The molecule has 1 aromatic rings. The van der Waals surface area contributed by atoms with Crippen molar-refractivity contribution in [3.8, 4) is 0 Å². The summed E-state index contributed by atoms with van der Waals surface area (Å²) in [6, 6.07) is 0.412. The number of hydrogen-bond acceptors (Lipinski definition) is 3. The van der Waals surface area contributed by atoms with Gasteiger partial charge in [-0.05, 0) is 53.1 Å². The Hall–Kier alpha value is -1.28. The minimum Gasteiger partial charge on any atom is -0.399 e. The van der Waals surface area contributed by atoms with Gasteiger partial charge in [-0.3, -0.25) is 4.79 Å². The molecular weight excluding hydrogens is 310 g/mol. The molecule has 0 amide bonds. The number of hydrogen-bond donors (Lipinski definition) is 0. The van der Waals surface area contributed by atoms with E-state index in [0.29, 0.717) is 0 Å². The Morgan fingerprint density at radius 3 is 2.00 bits per heavy atom. The zero-order valence-corrected chi connectivity index (χ0v) is 14.1. The standard InChI is InChI=1S/C15H21BF3NO3/c1-9(2)20-8-10(7-11(12(20)21)15(17,18)19)16-22-13(3,4)14(5,6)23-16/h7-9H,1-6H3. The van der Waals surface area contributed by atoms with Crippen molar-refractivity contribution >= 4 is 12.6 Å². The summed E-state index contributed by atoms with van der Waals surface area (Å²) in [6.45, 7) is 10.6. The molecule has 1 fully saturated rings. The van der Waals surface area contributed by atoms with E-state index >= 15 is 0 Å². The van der Waals surface area contributed by atoms with E-state index in [1.807, 2.05) is 27.7 Å². The minimum atomic E-state index is -4.73. The molecule has 2 heterocycles. The van der Waals surface area contributed by atoms with Crippen molar-refractivity contribution in [2.24, 2.45) is 0 Å². The third-order valence-corrected chi connectivity index (χ3v) is 4.45. The van der Waals surface area contributed by atoms with Crippen LogP contribution in [0.15, 0.2) is 17.1 Å². The normalized spacial score (nSPS) is 20.3. The van der Waals surface area contributed by atoms with Crippen LogP contribution in [-0.2, 0) is 15.5 Å². The van der Waals surface area contributed by atoms with Gasteiger partial charge in [0.05, 0.1) is 11.2 Å². The van der Waals surface area contributed by atoms with Crippen LogP contribution in [-0.4, -0.2) is 22.9 Å². The predicted molar refractivity (Wildman–Crippen MR) is 81.8 cm³/mol. The molecule has 0 aliphatic carbocycles. The molecule has 8 heteroatoms. The van der Waals surface area contributed by atoms with Crippen molar-refractivity contribution in [2.45, 2.75) is 65.0 Å². The van der Waals surface area contributed by atoms with E-state index in [0.717, 1.165) is 10.6 Å². The molecule has 23 heavy (non-hydrogen) atoms. The number of rotatable bonds is 2. The fraction of sp³-hybridized carbons (Fsp3) is 0.667.